The molecule has 1 N–H and O–H groups in total. The molecule has 1 aromatic carbocycles. The second kappa shape index (κ2) is 8.51. The molecule has 1 aromatic rings. The van der Waals surface area contributed by atoms with E-state index in [1.807, 2.05) is 11.8 Å². The van der Waals surface area contributed by atoms with Gasteiger partial charge in [-0.1, -0.05) is 38.8 Å². The first-order valence-electron chi connectivity index (χ1n) is 6.27. The maximum Gasteiger partial charge on any atom is 0.0340 e. The number of anilines is 1. The van der Waals surface area contributed by atoms with Crippen LogP contribution >= 0.6 is 11.8 Å². The van der Waals surface area contributed by atoms with Crippen molar-refractivity contribution in [2.24, 2.45) is 0 Å². The lowest BCUT2D eigenvalue weighted by Gasteiger charge is -2.06. The third-order valence-corrected chi connectivity index (χ3v) is 3.48. The van der Waals surface area contributed by atoms with E-state index in [2.05, 4.69) is 43.4 Å². The normalized spacial score (nSPS) is 10.4. The van der Waals surface area contributed by atoms with Crippen molar-refractivity contribution in [3.05, 3.63) is 29.8 Å². The molecule has 0 radical (unpaired) electrons. The zero-order valence-corrected chi connectivity index (χ0v) is 11.3. The van der Waals surface area contributed by atoms with Crippen LogP contribution in [0.2, 0.25) is 0 Å². The average Bonchev–Trinajstić information content (AvgIpc) is 2.33. The first-order valence-corrected chi connectivity index (χ1v) is 7.42. The Hall–Kier alpha value is -0.630. The fourth-order valence-electron chi connectivity index (χ4n) is 1.55. The molecular formula is C14H23NS. The van der Waals surface area contributed by atoms with Gasteiger partial charge in [0.1, 0.15) is 0 Å². The first kappa shape index (κ1) is 13.4. The van der Waals surface area contributed by atoms with Gasteiger partial charge in [0.05, 0.1) is 0 Å². The maximum absolute atomic E-state index is 3.46. The van der Waals surface area contributed by atoms with Gasteiger partial charge in [0, 0.05) is 18.0 Å². The van der Waals surface area contributed by atoms with Crippen LogP contribution in [0.25, 0.3) is 0 Å². The molecule has 0 unspecified atom stereocenters. The highest BCUT2D eigenvalue weighted by Gasteiger charge is 1.94. The van der Waals surface area contributed by atoms with E-state index in [-0.39, 0.29) is 0 Å². The van der Waals surface area contributed by atoms with Gasteiger partial charge in [-0.15, -0.1) is 0 Å². The van der Waals surface area contributed by atoms with Crippen molar-refractivity contribution in [1.29, 1.82) is 0 Å². The van der Waals surface area contributed by atoms with E-state index in [1.165, 1.54) is 36.3 Å². The van der Waals surface area contributed by atoms with Gasteiger partial charge in [0.25, 0.3) is 0 Å². The van der Waals surface area contributed by atoms with Crippen LogP contribution in [0.4, 0.5) is 5.69 Å². The van der Waals surface area contributed by atoms with E-state index in [0.717, 1.165) is 12.3 Å². The number of hydrogen-bond acceptors (Lipinski definition) is 2. The molecule has 16 heavy (non-hydrogen) atoms. The SMILES string of the molecule is CCCCCNc1ccc(CSCC)cc1. The summed E-state index contributed by atoms with van der Waals surface area (Å²) in [6.45, 7) is 5.53. The molecule has 0 aliphatic heterocycles. The summed E-state index contributed by atoms with van der Waals surface area (Å²) in [6.07, 6.45) is 3.87. The molecule has 1 rings (SSSR count). The van der Waals surface area contributed by atoms with Crippen molar-refractivity contribution in [2.45, 2.75) is 38.9 Å². The molecule has 0 heterocycles. The van der Waals surface area contributed by atoms with Gasteiger partial charge in [-0.05, 0) is 29.9 Å². The molecule has 0 aliphatic carbocycles. The van der Waals surface area contributed by atoms with E-state index in [9.17, 15) is 0 Å². The smallest absolute Gasteiger partial charge is 0.0340 e. The third-order valence-electron chi connectivity index (χ3n) is 2.54. The molecule has 0 bridgehead atoms. The van der Waals surface area contributed by atoms with E-state index in [0.29, 0.717) is 0 Å². The zero-order chi connectivity index (χ0) is 11.6. The van der Waals surface area contributed by atoms with Crippen molar-refractivity contribution in [2.75, 3.05) is 17.6 Å². The minimum Gasteiger partial charge on any atom is -0.385 e. The number of thioether (sulfide) groups is 1. The monoisotopic (exact) mass is 237 g/mol. The van der Waals surface area contributed by atoms with E-state index < -0.39 is 0 Å². The molecule has 0 atom stereocenters. The molecule has 0 amide bonds. The minimum atomic E-state index is 1.09. The maximum atomic E-state index is 3.46. The molecule has 0 spiro atoms. The molecule has 0 aliphatic rings. The van der Waals surface area contributed by atoms with Crippen LogP contribution in [0.1, 0.15) is 38.7 Å². The van der Waals surface area contributed by atoms with Gasteiger partial charge in [-0.2, -0.15) is 11.8 Å². The van der Waals surface area contributed by atoms with Gasteiger partial charge in [0.2, 0.25) is 0 Å². The Bertz CT molecular complexity index is 269. The standard InChI is InChI=1S/C14H23NS/c1-3-5-6-11-15-14-9-7-13(8-10-14)12-16-4-2/h7-10,15H,3-6,11-12H2,1-2H3. The Labute approximate surface area is 104 Å². The second-order valence-electron chi connectivity index (χ2n) is 3.97. The summed E-state index contributed by atoms with van der Waals surface area (Å²) in [5.41, 5.74) is 2.67. The molecular weight excluding hydrogens is 214 g/mol. The number of benzene rings is 1. The van der Waals surface area contributed by atoms with Crippen molar-refractivity contribution in [1.82, 2.24) is 0 Å². The fourth-order valence-corrected chi connectivity index (χ4v) is 2.18. The third kappa shape index (κ3) is 5.45. The lowest BCUT2D eigenvalue weighted by Crippen LogP contribution is -2.00. The predicted molar refractivity (Wildman–Crippen MR) is 76.3 cm³/mol. The average molecular weight is 237 g/mol. The highest BCUT2D eigenvalue weighted by atomic mass is 32.2. The van der Waals surface area contributed by atoms with Crippen molar-refractivity contribution in [3.8, 4) is 0 Å². The van der Waals surface area contributed by atoms with E-state index in [4.69, 9.17) is 0 Å². The van der Waals surface area contributed by atoms with Gasteiger partial charge in [0.15, 0.2) is 0 Å². The lowest BCUT2D eigenvalue weighted by molar-refractivity contribution is 0.744. The summed E-state index contributed by atoms with van der Waals surface area (Å²) >= 11 is 1.97. The Morgan fingerprint density at radius 1 is 1.06 bits per heavy atom. The van der Waals surface area contributed by atoms with Crippen LogP contribution in [0, 0.1) is 0 Å². The van der Waals surface area contributed by atoms with Crippen LogP contribution in [0.5, 0.6) is 0 Å². The highest BCUT2D eigenvalue weighted by molar-refractivity contribution is 7.98. The Kier molecular flexibility index (Phi) is 7.15. The number of hydrogen-bond donors (Lipinski definition) is 1. The minimum absolute atomic E-state index is 1.09. The highest BCUT2D eigenvalue weighted by Crippen LogP contribution is 2.15. The quantitative estimate of drug-likeness (QED) is 0.666. The van der Waals surface area contributed by atoms with Crippen molar-refractivity contribution >= 4 is 17.4 Å². The Balaban J connectivity index is 2.27. The van der Waals surface area contributed by atoms with Gasteiger partial charge >= 0.3 is 0 Å². The zero-order valence-electron chi connectivity index (χ0n) is 10.5. The summed E-state index contributed by atoms with van der Waals surface area (Å²) in [5, 5.41) is 3.46. The lowest BCUT2D eigenvalue weighted by atomic mass is 10.2. The van der Waals surface area contributed by atoms with Crippen molar-refractivity contribution < 1.29 is 0 Å². The van der Waals surface area contributed by atoms with Crippen molar-refractivity contribution in [3.63, 3.8) is 0 Å². The van der Waals surface area contributed by atoms with Crippen LogP contribution < -0.4 is 5.32 Å². The molecule has 90 valence electrons. The van der Waals surface area contributed by atoms with Gasteiger partial charge in [-0.3, -0.25) is 0 Å². The summed E-state index contributed by atoms with van der Waals surface area (Å²) in [4.78, 5) is 0. The van der Waals surface area contributed by atoms with Crippen LogP contribution in [-0.2, 0) is 5.75 Å². The largest absolute Gasteiger partial charge is 0.385 e. The Morgan fingerprint density at radius 2 is 1.81 bits per heavy atom. The van der Waals surface area contributed by atoms with Gasteiger partial charge in [-0.25, -0.2) is 0 Å². The van der Waals surface area contributed by atoms with Crippen LogP contribution in [-0.4, -0.2) is 12.3 Å². The number of rotatable bonds is 8. The topological polar surface area (TPSA) is 12.0 Å². The van der Waals surface area contributed by atoms with E-state index >= 15 is 0 Å². The number of nitrogens with one attached hydrogen (secondary N) is 1. The van der Waals surface area contributed by atoms with Crippen LogP contribution in [0.15, 0.2) is 24.3 Å². The second-order valence-corrected chi connectivity index (χ2v) is 5.24. The summed E-state index contributed by atoms with van der Waals surface area (Å²) in [6, 6.07) is 8.84. The summed E-state index contributed by atoms with van der Waals surface area (Å²) in [7, 11) is 0. The van der Waals surface area contributed by atoms with E-state index in [1.54, 1.807) is 0 Å². The molecule has 0 saturated carbocycles. The first-order chi connectivity index (χ1) is 7.86. The molecule has 1 nitrogen and oxygen atoms in total. The molecule has 2 heteroatoms. The molecule has 0 fully saturated rings. The number of unbranched alkanes of at least 4 members (excludes halogenated alkanes) is 2. The molecule has 0 saturated heterocycles. The fraction of sp³-hybridized carbons (Fsp3) is 0.571. The Morgan fingerprint density at radius 3 is 2.44 bits per heavy atom. The summed E-state index contributed by atoms with van der Waals surface area (Å²) < 4.78 is 0. The van der Waals surface area contributed by atoms with Crippen LogP contribution in [0.3, 0.4) is 0 Å². The summed E-state index contributed by atoms with van der Waals surface area (Å²) in [5.74, 6) is 2.32. The molecule has 0 aromatic heterocycles. The van der Waals surface area contributed by atoms with Gasteiger partial charge < -0.3 is 5.32 Å². The predicted octanol–water partition coefficient (Wildman–Crippen LogP) is 4.54.